The van der Waals surface area contributed by atoms with E-state index < -0.39 is 0 Å². The molecule has 0 bridgehead atoms. The molecule has 1 aliphatic heterocycles. The molecule has 4 nitrogen and oxygen atoms in total. The molecule has 118 valence electrons. The number of nitrogens with zero attached hydrogens (tertiary/aromatic N) is 1. The van der Waals surface area contributed by atoms with Gasteiger partial charge in [-0.15, -0.1) is 11.3 Å². The van der Waals surface area contributed by atoms with Gasteiger partial charge in [-0.05, 0) is 68.8 Å². The largest absolute Gasteiger partial charge is 0.348 e. The van der Waals surface area contributed by atoms with E-state index in [1.54, 1.807) is 0 Å². The molecule has 5 heteroatoms. The van der Waals surface area contributed by atoms with Crippen LogP contribution in [0, 0.1) is 0 Å². The molecule has 1 aliphatic rings. The molecule has 3 heterocycles. The summed E-state index contributed by atoms with van der Waals surface area (Å²) in [6, 6.07) is 6.45. The SMILES string of the molecule is CC(C)N1CCC(c2c[nH]c(NC(=O)c3cccs3)c2)CC1. The molecule has 2 N–H and O–H groups in total. The number of nitrogens with one attached hydrogen (secondary N) is 2. The molecular formula is C17H23N3OS. The molecule has 0 aromatic carbocycles. The lowest BCUT2D eigenvalue weighted by Crippen LogP contribution is -2.37. The van der Waals surface area contributed by atoms with Crippen molar-refractivity contribution in [3.63, 3.8) is 0 Å². The number of carbonyl (C=O) groups is 1. The van der Waals surface area contributed by atoms with Crippen LogP contribution in [0.3, 0.4) is 0 Å². The zero-order valence-electron chi connectivity index (χ0n) is 13.1. The van der Waals surface area contributed by atoms with Gasteiger partial charge >= 0.3 is 0 Å². The van der Waals surface area contributed by atoms with Gasteiger partial charge in [0.05, 0.1) is 4.88 Å². The van der Waals surface area contributed by atoms with Crippen molar-refractivity contribution in [2.75, 3.05) is 18.4 Å². The topological polar surface area (TPSA) is 48.1 Å². The van der Waals surface area contributed by atoms with Crippen molar-refractivity contribution in [3.05, 3.63) is 40.2 Å². The number of anilines is 1. The number of H-pyrrole nitrogens is 1. The van der Waals surface area contributed by atoms with Gasteiger partial charge in [0.15, 0.2) is 0 Å². The van der Waals surface area contributed by atoms with Gasteiger partial charge in [0, 0.05) is 12.2 Å². The fourth-order valence-electron chi connectivity index (χ4n) is 3.06. The molecule has 1 amide bonds. The van der Waals surface area contributed by atoms with Gasteiger partial charge in [-0.1, -0.05) is 6.07 Å². The number of aromatic nitrogens is 1. The smallest absolute Gasteiger partial charge is 0.266 e. The summed E-state index contributed by atoms with van der Waals surface area (Å²) in [4.78, 5) is 18.5. The first kappa shape index (κ1) is 15.3. The van der Waals surface area contributed by atoms with Gasteiger partial charge < -0.3 is 15.2 Å². The molecule has 2 aromatic rings. The number of hydrogen-bond donors (Lipinski definition) is 2. The average Bonchev–Trinajstić information content (AvgIpc) is 3.19. The van der Waals surface area contributed by atoms with Crippen LogP contribution in [0.15, 0.2) is 29.8 Å². The van der Waals surface area contributed by atoms with E-state index in [1.165, 1.54) is 29.7 Å². The molecule has 1 saturated heterocycles. The summed E-state index contributed by atoms with van der Waals surface area (Å²) >= 11 is 1.46. The van der Waals surface area contributed by atoms with Crippen LogP contribution in [0.1, 0.15) is 47.8 Å². The summed E-state index contributed by atoms with van der Waals surface area (Å²) in [6.07, 6.45) is 4.42. The van der Waals surface area contributed by atoms with Crippen LogP contribution in [-0.2, 0) is 0 Å². The Labute approximate surface area is 135 Å². The highest BCUT2D eigenvalue weighted by Gasteiger charge is 2.23. The predicted molar refractivity (Wildman–Crippen MR) is 91.7 cm³/mol. The third kappa shape index (κ3) is 3.42. The van der Waals surface area contributed by atoms with E-state index in [0.717, 1.165) is 23.8 Å². The molecule has 0 saturated carbocycles. The Hall–Kier alpha value is -1.59. The minimum Gasteiger partial charge on any atom is -0.348 e. The Morgan fingerprint density at radius 2 is 2.18 bits per heavy atom. The maximum absolute atomic E-state index is 12.1. The molecule has 0 atom stereocenters. The zero-order valence-corrected chi connectivity index (χ0v) is 14.0. The van der Waals surface area contributed by atoms with Crippen LogP contribution >= 0.6 is 11.3 Å². The van der Waals surface area contributed by atoms with Crippen molar-refractivity contribution in [2.24, 2.45) is 0 Å². The first-order valence-corrected chi connectivity index (χ1v) is 8.78. The number of piperidine rings is 1. The second-order valence-electron chi connectivity index (χ2n) is 6.18. The predicted octanol–water partition coefficient (Wildman–Crippen LogP) is 3.92. The summed E-state index contributed by atoms with van der Waals surface area (Å²) in [5.41, 5.74) is 1.31. The number of amides is 1. The first-order valence-electron chi connectivity index (χ1n) is 7.90. The number of hydrogen-bond acceptors (Lipinski definition) is 3. The highest BCUT2D eigenvalue weighted by molar-refractivity contribution is 7.12. The maximum atomic E-state index is 12.1. The summed E-state index contributed by atoms with van der Waals surface area (Å²) in [6.45, 7) is 6.83. The Kier molecular flexibility index (Phi) is 4.64. The number of likely N-dealkylation sites (tertiary alicyclic amines) is 1. The molecular weight excluding hydrogens is 294 g/mol. The van der Waals surface area contributed by atoms with Gasteiger partial charge in [0.25, 0.3) is 5.91 Å². The van der Waals surface area contributed by atoms with Crippen LogP contribution in [0.5, 0.6) is 0 Å². The van der Waals surface area contributed by atoms with Crippen molar-refractivity contribution in [1.29, 1.82) is 0 Å². The Bertz CT molecular complexity index is 610. The lowest BCUT2D eigenvalue weighted by molar-refractivity contribution is 0.103. The lowest BCUT2D eigenvalue weighted by atomic mass is 9.91. The minimum atomic E-state index is -0.0435. The molecule has 0 aliphatic carbocycles. The monoisotopic (exact) mass is 317 g/mol. The van der Waals surface area contributed by atoms with Gasteiger partial charge in [0.1, 0.15) is 5.82 Å². The highest BCUT2D eigenvalue weighted by Crippen LogP contribution is 2.30. The molecule has 0 unspecified atom stereocenters. The van der Waals surface area contributed by atoms with Crippen molar-refractivity contribution >= 4 is 23.1 Å². The summed E-state index contributed by atoms with van der Waals surface area (Å²) in [5, 5.41) is 4.85. The third-order valence-electron chi connectivity index (χ3n) is 4.43. The molecule has 3 rings (SSSR count). The second-order valence-corrected chi connectivity index (χ2v) is 7.13. The quantitative estimate of drug-likeness (QED) is 0.898. The molecule has 1 fully saturated rings. The molecule has 0 spiro atoms. The van der Waals surface area contributed by atoms with Crippen molar-refractivity contribution in [3.8, 4) is 0 Å². The highest BCUT2D eigenvalue weighted by atomic mass is 32.1. The van der Waals surface area contributed by atoms with Gasteiger partial charge in [-0.3, -0.25) is 4.79 Å². The van der Waals surface area contributed by atoms with E-state index in [9.17, 15) is 4.79 Å². The van der Waals surface area contributed by atoms with Crippen molar-refractivity contribution in [1.82, 2.24) is 9.88 Å². The maximum Gasteiger partial charge on any atom is 0.266 e. The van der Waals surface area contributed by atoms with E-state index in [0.29, 0.717) is 12.0 Å². The molecule has 22 heavy (non-hydrogen) atoms. The fraction of sp³-hybridized carbons (Fsp3) is 0.471. The van der Waals surface area contributed by atoms with E-state index >= 15 is 0 Å². The van der Waals surface area contributed by atoms with Crippen LogP contribution in [0.25, 0.3) is 0 Å². The van der Waals surface area contributed by atoms with Crippen LogP contribution in [-0.4, -0.2) is 34.9 Å². The lowest BCUT2D eigenvalue weighted by Gasteiger charge is -2.34. The van der Waals surface area contributed by atoms with E-state index in [2.05, 4.69) is 35.1 Å². The van der Waals surface area contributed by atoms with Gasteiger partial charge in [-0.25, -0.2) is 0 Å². The second kappa shape index (κ2) is 6.67. The summed E-state index contributed by atoms with van der Waals surface area (Å²) in [5.74, 6) is 1.34. The summed E-state index contributed by atoms with van der Waals surface area (Å²) in [7, 11) is 0. The van der Waals surface area contributed by atoms with Crippen LogP contribution < -0.4 is 5.32 Å². The number of thiophene rings is 1. The molecule has 2 aromatic heterocycles. The van der Waals surface area contributed by atoms with Crippen LogP contribution in [0.4, 0.5) is 5.82 Å². The number of carbonyl (C=O) groups excluding carboxylic acids is 1. The van der Waals surface area contributed by atoms with E-state index in [4.69, 9.17) is 0 Å². The Morgan fingerprint density at radius 1 is 1.41 bits per heavy atom. The summed E-state index contributed by atoms with van der Waals surface area (Å²) < 4.78 is 0. The minimum absolute atomic E-state index is 0.0435. The van der Waals surface area contributed by atoms with Crippen molar-refractivity contribution < 1.29 is 4.79 Å². The first-order chi connectivity index (χ1) is 10.6. The van der Waals surface area contributed by atoms with E-state index in [1.807, 2.05) is 23.7 Å². The number of aromatic amines is 1. The fourth-order valence-corrected chi connectivity index (χ4v) is 3.68. The zero-order chi connectivity index (χ0) is 15.5. The Balaban J connectivity index is 1.59. The van der Waals surface area contributed by atoms with Gasteiger partial charge in [-0.2, -0.15) is 0 Å². The van der Waals surface area contributed by atoms with Crippen molar-refractivity contribution in [2.45, 2.75) is 38.6 Å². The van der Waals surface area contributed by atoms with Gasteiger partial charge in [0.2, 0.25) is 0 Å². The van der Waals surface area contributed by atoms with Crippen LogP contribution in [0.2, 0.25) is 0 Å². The Morgan fingerprint density at radius 3 is 2.82 bits per heavy atom. The van der Waals surface area contributed by atoms with E-state index in [-0.39, 0.29) is 5.91 Å². The number of rotatable bonds is 4. The average molecular weight is 317 g/mol. The standard InChI is InChI=1S/C17H23N3OS/c1-12(2)20-7-5-13(6-8-20)14-10-16(18-11-14)19-17(21)15-4-3-9-22-15/h3-4,9-13,18H,5-8H2,1-2H3,(H,19,21). The third-order valence-corrected chi connectivity index (χ3v) is 5.30. The molecule has 0 radical (unpaired) electrons. The normalized spacial score (nSPS) is 17.0.